The second kappa shape index (κ2) is 4.22. The van der Waals surface area contributed by atoms with Crippen LogP contribution in [0, 0.1) is 0 Å². The molecule has 0 amide bonds. The summed E-state index contributed by atoms with van der Waals surface area (Å²) >= 11 is 0. The van der Waals surface area contributed by atoms with Crippen molar-refractivity contribution in [1.82, 2.24) is 10.2 Å². The van der Waals surface area contributed by atoms with Crippen molar-refractivity contribution in [3.63, 3.8) is 0 Å². The van der Waals surface area contributed by atoms with Gasteiger partial charge < -0.3 is 15.9 Å². The van der Waals surface area contributed by atoms with Crippen LogP contribution in [0.15, 0.2) is 28.7 Å². The summed E-state index contributed by atoms with van der Waals surface area (Å²) in [6, 6.07) is 7.85. The van der Waals surface area contributed by atoms with Crippen LogP contribution in [0.3, 0.4) is 0 Å². The normalized spacial score (nSPS) is 12.6. The Hall–Kier alpha value is -2.04. The van der Waals surface area contributed by atoms with Gasteiger partial charge in [-0.1, -0.05) is 24.2 Å². The first kappa shape index (κ1) is 10.5. The Labute approximate surface area is 93.5 Å². The van der Waals surface area contributed by atoms with E-state index in [1.165, 1.54) is 5.56 Å². The average molecular weight is 218 g/mol. The second-order valence-electron chi connectivity index (χ2n) is 3.83. The summed E-state index contributed by atoms with van der Waals surface area (Å²) in [5, 5.41) is 7.50. The van der Waals surface area contributed by atoms with E-state index in [9.17, 15) is 0 Å². The first-order valence-corrected chi connectivity index (χ1v) is 5.08. The lowest BCUT2D eigenvalue weighted by Gasteiger charge is -2.06. The van der Waals surface area contributed by atoms with Gasteiger partial charge in [-0.3, -0.25) is 0 Å². The highest BCUT2D eigenvalue weighted by Gasteiger charge is 2.13. The third-order valence-corrected chi connectivity index (χ3v) is 2.40. The number of hydrogen-bond donors (Lipinski definition) is 2. The van der Waals surface area contributed by atoms with Gasteiger partial charge in [0.05, 0.1) is 0 Å². The largest absolute Gasteiger partial charge is 0.408 e. The molecule has 0 fully saturated rings. The van der Waals surface area contributed by atoms with Gasteiger partial charge in [0.2, 0.25) is 5.89 Å². The fourth-order valence-electron chi connectivity index (χ4n) is 1.54. The number of nitrogens with zero attached hydrogens (tertiary/aromatic N) is 2. The van der Waals surface area contributed by atoms with Gasteiger partial charge >= 0.3 is 6.01 Å². The monoisotopic (exact) mass is 218 g/mol. The SMILES string of the molecule is CC(Cc1ccc(N)cc1)c1nnc(N)o1. The van der Waals surface area contributed by atoms with Crippen molar-refractivity contribution in [3.05, 3.63) is 35.7 Å². The van der Waals surface area contributed by atoms with Gasteiger partial charge in [-0.15, -0.1) is 5.10 Å². The van der Waals surface area contributed by atoms with Crippen LogP contribution in [-0.4, -0.2) is 10.2 Å². The Bertz CT molecular complexity index is 463. The molecule has 5 heteroatoms. The molecule has 0 bridgehead atoms. The highest BCUT2D eigenvalue weighted by atomic mass is 16.4. The molecular formula is C11H14N4O. The molecule has 1 heterocycles. The number of nitrogens with two attached hydrogens (primary N) is 2. The van der Waals surface area contributed by atoms with E-state index < -0.39 is 0 Å². The highest BCUT2D eigenvalue weighted by Crippen LogP contribution is 2.20. The molecule has 84 valence electrons. The van der Waals surface area contributed by atoms with Gasteiger partial charge in [0.1, 0.15) is 0 Å². The fourth-order valence-corrected chi connectivity index (χ4v) is 1.54. The summed E-state index contributed by atoms with van der Waals surface area (Å²) in [6.07, 6.45) is 0.821. The molecule has 0 spiro atoms. The minimum atomic E-state index is 0.110. The first-order valence-electron chi connectivity index (χ1n) is 5.08. The molecule has 5 nitrogen and oxygen atoms in total. The van der Waals surface area contributed by atoms with Crippen molar-refractivity contribution >= 4 is 11.7 Å². The Balaban J connectivity index is 2.07. The minimum absolute atomic E-state index is 0.110. The third kappa shape index (κ3) is 2.31. The minimum Gasteiger partial charge on any atom is -0.408 e. The molecular weight excluding hydrogens is 204 g/mol. The predicted octanol–water partition coefficient (Wildman–Crippen LogP) is 1.58. The average Bonchev–Trinajstić information content (AvgIpc) is 2.68. The van der Waals surface area contributed by atoms with Gasteiger partial charge in [0, 0.05) is 11.6 Å². The first-order chi connectivity index (χ1) is 7.65. The molecule has 0 radical (unpaired) electrons. The van der Waals surface area contributed by atoms with Gasteiger partial charge in [0.15, 0.2) is 0 Å². The molecule has 0 aliphatic carbocycles. The molecule has 0 saturated heterocycles. The number of nitrogen functional groups attached to an aromatic ring is 2. The maximum Gasteiger partial charge on any atom is 0.312 e. The Kier molecular flexibility index (Phi) is 2.76. The Morgan fingerprint density at radius 3 is 2.44 bits per heavy atom. The molecule has 1 aromatic heterocycles. The van der Waals surface area contributed by atoms with Crippen LogP contribution in [0.25, 0.3) is 0 Å². The van der Waals surface area contributed by atoms with E-state index in [4.69, 9.17) is 15.9 Å². The molecule has 0 saturated carbocycles. The van der Waals surface area contributed by atoms with E-state index >= 15 is 0 Å². The topological polar surface area (TPSA) is 91.0 Å². The zero-order chi connectivity index (χ0) is 11.5. The van der Waals surface area contributed by atoms with Gasteiger partial charge in [-0.05, 0) is 24.1 Å². The highest BCUT2D eigenvalue weighted by molar-refractivity contribution is 5.39. The summed E-state index contributed by atoms with van der Waals surface area (Å²) in [4.78, 5) is 0. The zero-order valence-corrected chi connectivity index (χ0v) is 9.05. The van der Waals surface area contributed by atoms with Gasteiger partial charge in [-0.2, -0.15) is 0 Å². The molecule has 2 rings (SSSR count). The van der Waals surface area contributed by atoms with E-state index in [2.05, 4.69) is 10.2 Å². The van der Waals surface area contributed by atoms with E-state index in [1.807, 2.05) is 31.2 Å². The van der Waals surface area contributed by atoms with Crippen molar-refractivity contribution in [2.75, 3.05) is 11.5 Å². The number of anilines is 2. The standard InChI is InChI=1S/C11H14N4O/c1-7(10-14-15-11(13)16-10)6-8-2-4-9(12)5-3-8/h2-5,7H,6,12H2,1H3,(H2,13,15). The fraction of sp³-hybridized carbons (Fsp3) is 0.273. The lowest BCUT2D eigenvalue weighted by molar-refractivity contribution is 0.469. The molecule has 1 aromatic carbocycles. The zero-order valence-electron chi connectivity index (χ0n) is 9.05. The Morgan fingerprint density at radius 1 is 1.19 bits per heavy atom. The van der Waals surface area contributed by atoms with Gasteiger partial charge in [0.25, 0.3) is 0 Å². The molecule has 1 atom stereocenters. The maximum absolute atomic E-state index is 5.61. The summed E-state index contributed by atoms with van der Waals surface area (Å²) in [7, 11) is 0. The summed E-state index contributed by atoms with van der Waals surface area (Å²) in [5.41, 5.74) is 12.9. The molecule has 2 aromatic rings. The predicted molar refractivity (Wildman–Crippen MR) is 61.7 cm³/mol. The van der Waals surface area contributed by atoms with Crippen LogP contribution in [0.5, 0.6) is 0 Å². The van der Waals surface area contributed by atoms with Crippen LogP contribution < -0.4 is 11.5 Å². The Morgan fingerprint density at radius 2 is 1.88 bits per heavy atom. The number of rotatable bonds is 3. The summed E-state index contributed by atoms with van der Waals surface area (Å²) in [5.74, 6) is 0.711. The van der Waals surface area contributed by atoms with E-state index in [0.29, 0.717) is 5.89 Å². The van der Waals surface area contributed by atoms with Crippen molar-refractivity contribution in [1.29, 1.82) is 0 Å². The van der Waals surface area contributed by atoms with Crippen LogP contribution in [0.4, 0.5) is 11.7 Å². The lowest BCUT2D eigenvalue weighted by atomic mass is 10.0. The molecule has 0 aliphatic rings. The van der Waals surface area contributed by atoms with Crippen molar-refractivity contribution in [2.24, 2.45) is 0 Å². The summed E-state index contributed by atoms with van der Waals surface area (Å²) < 4.78 is 5.17. The molecule has 1 unspecified atom stereocenters. The quantitative estimate of drug-likeness (QED) is 0.763. The van der Waals surface area contributed by atoms with Crippen molar-refractivity contribution < 1.29 is 4.42 Å². The summed E-state index contributed by atoms with van der Waals surface area (Å²) in [6.45, 7) is 2.02. The van der Waals surface area contributed by atoms with Crippen molar-refractivity contribution in [2.45, 2.75) is 19.3 Å². The van der Waals surface area contributed by atoms with Gasteiger partial charge in [-0.25, -0.2) is 0 Å². The van der Waals surface area contributed by atoms with E-state index in [-0.39, 0.29) is 11.9 Å². The maximum atomic E-state index is 5.61. The smallest absolute Gasteiger partial charge is 0.312 e. The van der Waals surface area contributed by atoms with Crippen LogP contribution in [0.1, 0.15) is 24.3 Å². The van der Waals surface area contributed by atoms with Crippen LogP contribution in [-0.2, 0) is 6.42 Å². The van der Waals surface area contributed by atoms with E-state index in [1.54, 1.807) is 0 Å². The van der Waals surface area contributed by atoms with Crippen molar-refractivity contribution in [3.8, 4) is 0 Å². The molecule has 16 heavy (non-hydrogen) atoms. The molecule has 4 N–H and O–H groups in total. The third-order valence-electron chi connectivity index (χ3n) is 2.40. The lowest BCUT2D eigenvalue weighted by Crippen LogP contribution is -1.99. The number of benzene rings is 1. The van der Waals surface area contributed by atoms with Crippen LogP contribution in [0.2, 0.25) is 0 Å². The number of hydrogen-bond acceptors (Lipinski definition) is 5. The number of aromatic nitrogens is 2. The van der Waals surface area contributed by atoms with E-state index in [0.717, 1.165) is 12.1 Å². The second-order valence-corrected chi connectivity index (χ2v) is 3.83. The molecule has 0 aliphatic heterocycles. The van der Waals surface area contributed by atoms with Crippen LogP contribution >= 0.6 is 0 Å².